The van der Waals surface area contributed by atoms with E-state index in [1.54, 1.807) is 12.1 Å². The molecule has 4 nitrogen and oxygen atoms in total. The summed E-state index contributed by atoms with van der Waals surface area (Å²) in [5.74, 6) is 0. The van der Waals surface area contributed by atoms with Crippen LogP contribution in [0.1, 0.15) is 38.2 Å². The summed E-state index contributed by atoms with van der Waals surface area (Å²) in [4.78, 5) is 0. The molecule has 18 heavy (non-hydrogen) atoms. The van der Waals surface area contributed by atoms with Crippen molar-refractivity contribution in [3.05, 3.63) is 23.8 Å². The van der Waals surface area contributed by atoms with Crippen LogP contribution >= 0.6 is 0 Å². The van der Waals surface area contributed by atoms with E-state index in [1.165, 1.54) is 0 Å². The van der Waals surface area contributed by atoms with Gasteiger partial charge in [-0.15, -0.1) is 0 Å². The molecule has 5 heteroatoms. The third kappa shape index (κ3) is 2.77. The molecule has 0 unspecified atom stereocenters. The van der Waals surface area contributed by atoms with Gasteiger partial charge in [0, 0.05) is 5.69 Å². The topological polar surface area (TPSA) is 72.2 Å². The number of hydrogen-bond acceptors (Lipinski definition) is 3. The maximum atomic E-state index is 12.1. The highest BCUT2D eigenvalue weighted by molar-refractivity contribution is 7.93. The Morgan fingerprint density at radius 2 is 2.00 bits per heavy atom. The lowest BCUT2D eigenvalue weighted by atomic mass is 10.1. The SMILES string of the molecule is CCc1ccc(NS(=O)(=O)C2CCCC2)cc1N. The van der Waals surface area contributed by atoms with Crippen LogP contribution in [0.3, 0.4) is 0 Å². The average molecular weight is 268 g/mol. The fourth-order valence-corrected chi connectivity index (χ4v) is 4.00. The van der Waals surface area contributed by atoms with E-state index in [4.69, 9.17) is 5.73 Å². The first-order chi connectivity index (χ1) is 8.53. The fraction of sp³-hybridized carbons (Fsp3) is 0.538. The van der Waals surface area contributed by atoms with Crippen LogP contribution in [0.25, 0.3) is 0 Å². The quantitative estimate of drug-likeness (QED) is 0.824. The van der Waals surface area contributed by atoms with Gasteiger partial charge in [0.2, 0.25) is 10.0 Å². The molecule has 1 aliphatic carbocycles. The molecule has 0 aromatic heterocycles. The standard InChI is InChI=1S/C13H20N2O2S/c1-2-10-7-8-11(9-13(10)14)15-18(16,17)12-5-3-4-6-12/h7-9,12,15H,2-6,14H2,1H3. The minimum atomic E-state index is -3.25. The molecule has 0 saturated heterocycles. The lowest BCUT2D eigenvalue weighted by molar-refractivity contribution is 0.585. The van der Waals surface area contributed by atoms with E-state index in [2.05, 4.69) is 4.72 Å². The summed E-state index contributed by atoms with van der Waals surface area (Å²) in [7, 11) is -3.25. The van der Waals surface area contributed by atoms with E-state index in [-0.39, 0.29) is 5.25 Å². The first-order valence-corrected chi connectivity index (χ1v) is 7.97. The number of benzene rings is 1. The summed E-state index contributed by atoms with van der Waals surface area (Å²) in [5.41, 5.74) is 8.12. The Balaban J connectivity index is 2.16. The van der Waals surface area contributed by atoms with Crippen molar-refractivity contribution in [2.24, 2.45) is 0 Å². The van der Waals surface area contributed by atoms with Crippen LogP contribution in [0.15, 0.2) is 18.2 Å². The molecule has 0 atom stereocenters. The van der Waals surface area contributed by atoms with Gasteiger partial charge in [0.25, 0.3) is 0 Å². The molecule has 0 spiro atoms. The summed E-state index contributed by atoms with van der Waals surface area (Å²) in [6.45, 7) is 2.02. The highest BCUT2D eigenvalue weighted by Crippen LogP contribution is 2.27. The molecule has 0 amide bonds. The molecule has 1 aromatic rings. The number of nitrogen functional groups attached to an aromatic ring is 1. The van der Waals surface area contributed by atoms with Gasteiger partial charge in [-0.25, -0.2) is 8.42 Å². The van der Waals surface area contributed by atoms with Crippen molar-refractivity contribution in [1.82, 2.24) is 0 Å². The lowest BCUT2D eigenvalue weighted by Crippen LogP contribution is -2.25. The summed E-state index contributed by atoms with van der Waals surface area (Å²) in [5, 5.41) is -0.246. The Morgan fingerprint density at radius 3 is 2.56 bits per heavy atom. The van der Waals surface area contributed by atoms with Crippen molar-refractivity contribution in [1.29, 1.82) is 0 Å². The summed E-state index contributed by atoms with van der Waals surface area (Å²) in [6, 6.07) is 5.36. The molecular formula is C13H20N2O2S. The number of anilines is 2. The maximum Gasteiger partial charge on any atom is 0.235 e. The van der Waals surface area contributed by atoms with E-state index in [0.717, 1.165) is 37.7 Å². The molecule has 0 radical (unpaired) electrons. The van der Waals surface area contributed by atoms with Gasteiger partial charge in [0.05, 0.1) is 10.9 Å². The zero-order chi connectivity index (χ0) is 13.2. The van der Waals surface area contributed by atoms with Crippen LogP contribution in [-0.4, -0.2) is 13.7 Å². The minimum Gasteiger partial charge on any atom is -0.398 e. The van der Waals surface area contributed by atoms with Crippen molar-refractivity contribution < 1.29 is 8.42 Å². The predicted octanol–water partition coefficient (Wildman–Crippen LogP) is 2.52. The molecule has 0 bridgehead atoms. The number of rotatable bonds is 4. The van der Waals surface area contributed by atoms with Crippen LogP contribution in [0.4, 0.5) is 11.4 Å². The second kappa shape index (κ2) is 5.18. The number of aryl methyl sites for hydroxylation is 1. The van der Waals surface area contributed by atoms with E-state index < -0.39 is 10.0 Å². The molecule has 1 aromatic carbocycles. The molecule has 2 rings (SSSR count). The average Bonchev–Trinajstić information content (AvgIpc) is 2.82. The summed E-state index contributed by atoms with van der Waals surface area (Å²) < 4.78 is 26.9. The highest BCUT2D eigenvalue weighted by Gasteiger charge is 2.28. The maximum absolute atomic E-state index is 12.1. The Labute approximate surface area is 109 Å². The van der Waals surface area contributed by atoms with Crippen molar-refractivity contribution in [2.45, 2.75) is 44.3 Å². The van der Waals surface area contributed by atoms with Gasteiger partial charge in [-0.3, -0.25) is 4.72 Å². The second-order valence-electron chi connectivity index (χ2n) is 4.82. The van der Waals surface area contributed by atoms with Crippen LogP contribution in [0.5, 0.6) is 0 Å². The second-order valence-corrected chi connectivity index (χ2v) is 6.78. The smallest absolute Gasteiger partial charge is 0.235 e. The number of nitrogens with one attached hydrogen (secondary N) is 1. The predicted molar refractivity (Wildman–Crippen MR) is 75.0 cm³/mol. The first kappa shape index (κ1) is 13.2. The molecule has 1 saturated carbocycles. The van der Waals surface area contributed by atoms with Crippen molar-refractivity contribution in [3.8, 4) is 0 Å². The third-order valence-electron chi connectivity index (χ3n) is 3.53. The van der Waals surface area contributed by atoms with Gasteiger partial charge in [0.1, 0.15) is 0 Å². The molecule has 0 aliphatic heterocycles. The molecule has 100 valence electrons. The zero-order valence-corrected chi connectivity index (χ0v) is 11.5. The van der Waals surface area contributed by atoms with E-state index in [0.29, 0.717) is 11.4 Å². The molecule has 1 fully saturated rings. The highest BCUT2D eigenvalue weighted by atomic mass is 32.2. The number of nitrogens with two attached hydrogens (primary N) is 1. The van der Waals surface area contributed by atoms with Gasteiger partial charge in [-0.05, 0) is 37.0 Å². The zero-order valence-electron chi connectivity index (χ0n) is 10.6. The lowest BCUT2D eigenvalue weighted by Gasteiger charge is -2.14. The van der Waals surface area contributed by atoms with Gasteiger partial charge in [-0.2, -0.15) is 0 Å². The Morgan fingerprint density at radius 1 is 1.33 bits per heavy atom. The largest absolute Gasteiger partial charge is 0.398 e. The van der Waals surface area contributed by atoms with Crippen molar-refractivity contribution in [3.63, 3.8) is 0 Å². The Bertz CT molecular complexity index is 520. The van der Waals surface area contributed by atoms with E-state index in [1.807, 2.05) is 13.0 Å². The Kier molecular flexibility index (Phi) is 3.80. The third-order valence-corrected chi connectivity index (χ3v) is 5.40. The number of sulfonamides is 1. The molecular weight excluding hydrogens is 248 g/mol. The van der Waals surface area contributed by atoms with Gasteiger partial charge in [0.15, 0.2) is 0 Å². The summed E-state index contributed by atoms with van der Waals surface area (Å²) in [6.07, 6.45) is 4.38. The minimum absolute atomic E-state index is 0.246. The van der Waals surface area contributed by atoms with Crippen LogP contribution in [0.2, 0.25) is 0 Å². The van der Waals surface area contributed by atoms with E-state index in [9.17, 15) is 8.42 Å². The normalized spacial score (nSPS) is 16.9. The van der Waals surface area contributed by atoms with Gasteiger partial charge >= 0.3 is 0 Å². The van der Waals surface area contributed by atoms with Crippen LogP contribution in [0, 0.1) is 0 Å². The monoisotopic (exact) mass is 268 g/mol. The molecule has 3 N–H and O–H groups in total. The van der Waals surface area contributed by atoms with Crippen molar-refractivity contribution >= 4 is 21.4 Å². The first-order valence-electron chi connectivity index (χ1n) is 6.43. The fourth-order valence-electron chi connectivity index (χ4n) is 2.43. The summed E-state index contributed by atoms with van der Waals surface area (Å²) >= 11 is 0. The Hall–Kier alpha value is -1.23. The number of hydrogen-bond donors (Lipinski definition) is 2. The van der Waals surface area contributed by atoms with Gasteiger partial charge < -0.3 is 5.73 Å². The van der Waals surface area contributed by atoms with Gasteiger partial charge in [-0.1, -0.05) is 25.8 Å². The van der Waals surface area contributed by atoms with Crippen LogP contribution in [-0.2, 0) is 16.4 Å². The van der Waals surface area contributed by atoms with E-state index >= 15 is 0 Å². The molecule has 1 aliphatic rings. The molecule has 0 heterocycles. The van der Waals surface area contributed by atoms with Crippen molar-refractivity contribution in [2.75, 3.05) is 10.5 Å². The van der Waals surface area contributed by atoms with Crippen LogP contribution < -0.4 is 10.5 Å².